The van der Waals surface area contributed by atoms with Crippen molar-refractivity contribution in [2.45, 2.75) is 19.0 Å². The number of hydrogen-bond acceptors (Lipinski definition) is 4. The molecule has 0 fully saturated rings. The van der Waals surface area contributed by atoms with Gasteiger partial charge in [-0.25, -0.2) is 9.78 Å². The minimum Gasteiger partial charge on any atom is -0.547 e. The zero-order valence-corrected chi connectivity index (χ0v) is 19.6. The van der Waals surface area contributed by atoms with Gasteiger partial charge in [0.1, 0.15) is 11.2 Å². The summed E-state index contributed by atoms with van der Waals surface area (Å²) in [7, 11) is 0. The molecule has 3 aromatic rings. The first kappa shape index (κ1) is 22.1. The van der Waals surface area contributed by atoms with Crippen molar-refractivity contribution in [2.24, 2.45) is 0 Å². The third kappa shape index (κ3) is 5.18. The Morgan fingerprint density at radius 1 is 1.26 bits per heavy atom. The van der Waals surface area contributed by atoms with Crippen LogP contribution in [0, 0.1) is 0 Å². The summed E-state index contributed by atoms with van der Waals surface area (Å²) in [5.74, 6) is -1.40. The summed E-state index contributed by atoms with van der Waals surface area (Å²) in [6.07, 6.45) is 3.65. The van der Waals surface area contributed by atoms with Crippen molar-refractivity contribution in [1.82, 2.24) is 20.0 Å². The molecule has 2 amide bonds. The molecule has 2 N–H and O–H groups in total. The first-order valence-corrected chi connectivity index (χ1v) is 8.64. The van der Waals surface area contributed by atoms with Gasteiger partial charge in [0.25, 0.3) is 0 Å². The minimum atomic E-state index is -1.67. The van der Waals surface area contributed by atoms with Gasteiger partial charge in [-0.15, -0.1) is 0 Å². The first-order valence-electron chi connectivity index (χ1n) is 7.84. The van der Waals surface area contributed by atoms with Crippen LogP contribution in [-0.4, -0.2) is 21.4 Å². The molecule has 2 aromatic heterocycles. The Kier molecular flexibility index (Phi) is 7.61. The maximum atomic E-state index is 12.3. The van der Waals surface area contributed by atoms with E-state index in [-0.39, 0.29) is 57.9 Å². The molecule has 27 heavy (non-hydrogen) atoms. The second-order valence-electron chi connectivity index (χ2n) is 5.93. The smallest absolute Gasteiger partial charge is 0.547 e. The molecule has 1 aromatic carbocycles. The van der Waals surface area contributed by atoms with Crippen LogP contribution in [0.2, 0.25) is 0 Å². The van der Waals surface area contributed by atoms with Crippen LogP contribution >= 0.6 is 15.9 Å². The van der Waals surface area contributed by atoms with Gasteiger partial charge in [0.2, 0.25) is 0 Å². The van der Waals surface area contributed by atoms with Crippen LogP contribution < -0.4 is 67.1 Å². The van der Waals surface area contributed by atoms with Crippen molar-refractivity contribution in [1.29, 1.82) is 0 Å². The number of benzene rings is 1. The van der Waals surface area contributed by atoms with E-state index in [2.05, 4.69) is 31.5 Å². The van der Waals surface area contributed by atoms with Gasteiger partial charge in [-0.05, 0) is 36.8 Å². The van der Waals surface area contributed by atoms with E-state index in [0.717, 1.165) is 5.65 Å². The number of fused-ring (bicyclic) bond motifs is 1. The van der Waals surface area contributed by atoms with Gasteiger partial charge in [0.15, 0.2) is 0 Å². The number of amides is 2. The molecule has 7 nitrogen and oxygen atoms in total. The Bertz CT molecular complexity index is 945. The first-order chi connectivity index (χ1) is 12.4. The fourth-order valence-electron chi connectivity index (χ4n) is 2.55. The van der Waals surface area contributed by atoms with E-state index in [4.69, 9.17) is 0 Å². The summed E-state index contributed by atoms with van der Waals surface area (Å²) in [4.78, 5) is 28.3. The molecular weight excluding hydrogens is 439 g/mol. The molecule has 0 aliphatic carbocycles. The second-order valence-corrected chi connectivity index (χ2v) is 6.84. The zero-order chi connectivity index (χ0) is 18.7. The van der Waals surface area contributed by atoms with Gasteiger partial charge >= 0.3 is 57.4 Å². The maximum Gasteiger partial charge on any atom is 1.00 e. The maximum absolute atomic E-state index is 12.3. The third-order valence-electron chi connectivity index (χ3n) is 4.02. The summed E-state index contributed by atoms with van der Waals surface area (Å²) < 4.78 is 2.54. The predicted molar refractivity (Wildman–Crippen MR) is 97.1 cm³/mol. The summed E-state index contributed by atoms with van der Waals surface area (Å²) >= 11 is 3.30. The standard InChI is InChI=1S/C18H17BrN4O3.K/c1-18(16(24)25,12-5-4-6-13(19)9-12)22-17(26)20-10-14-11-23-8-3-2-7-15(23)21-14;/h2-9,11H,10H2,1H3,(H,24,25)(H2,20,22,26);/q;+1/p-1. The van der Waals surface area contributed by atoms with E-state index in [9.17, 15) is 14.7 Å². The number of aromatic nitrogens is 2. The number of carbonyl (C=O) groups excluding carboxylic acids is 2. The van der Waals surface area contributed by atoms with Gasteiger partial charge in [-0.1, -0.05) is 34.1 Å². The normalized spacial score (nSPS) is 12.7. The van der Waals surface area contributed by atoms with E-state index in [1.54, 1.807) is 30.5 Å². The van der Waals surface area contributed by atoms with Gasteiger partial charge in [-0.2, -0.15) is 0 Å². The number of nitrogens with zero attached hydrogens (tertiary/aromatic N) is 2. The number of hydrogen-bond donors (Lipinski definition) is 2. The van der Waals surface area contributed by atoms with Crippen LogP contribution in [0.15, 0.2) is 59.3 Å². The van der Waals surface area contributed by atoms with Crippen molar-refractivity contribution in [3.63, 3.8) is 0 Å². The predicted octanol–water partition coefficient (Wildman–Crippen LogP) is -1.43. The van der Waals surface area contributed by atoms with E-state index >= 15 is 0 Å². The van der Waals surface area contributed by atoms with Crippen molar-refractivity contribution in [2.75, 3.05) is 0 Å². The number of nitrogens with one attached hydrogen (secondary N) is 2. The molecule has 1 atom stereocenters. The van der Waals surface area contributed by atoms with E-state index < -0.39 is 17.5 Å². The van der Waals surface area contributed by atoms with Crippen LogP contribution in [0.5, 0.6) is 0 Å². The molecular formula is C18H16BrKN4O3. The molecule has 134 valence electrons. The van der Waals surface area contributed by atoms with E-state index in [1.807, 2.05) is 28.8 Å². The topological polar surface area (TPSA) is 98.6 Å². The average Bonchev–Trinajstić information content (AvgIpc) is 3.02. The number of carbonyl (C=O) groups is 2. The van der Waals surface area contributed by atoms with Gasteiger partial charge in [0.05, 0.1) is 18.2 Å². The summed E-state index contributed by atoms with van der Waals surface area (Å²) in [6.45, 7) is 1.55. The van der Waals surface area contributed by atoms with Crippen LogP contribution in [0.3, 0.4) is 0 Å². The second kappa shape index (κ2) is 9.31. The number of imidazole rings is 1. The molecule has 0 saturated carbocycles. The largest absolute Gasteiger partial charge is 1.00 e. The van der Waals surface area contributed by atoms with Crippen molar-refractivity contribution < 1.29 is 66.1 Å². The molecule has 0 saturated heterocycles. The zero-order valence-electron chi connectivity index (χ0n) is 14.9. The summed E-state index contributed by atoms with van der Waals surface area (Å²) in [6, 6.07) is 11.7. The number of halogens is 1. The average molecular weight is 455 g/mol. The Balaban J connectivity index is 0.00000261. The van der Waals surface area contributed by atoms with Crippen LogP contribution in [-0.2, 0) is 16.9 Å². The molecule has 0 radical (unpaired) electrons. The number of pyridine rings is 1. The number of carboxylic acids is 1. The monoisotopic (exact) mass is 454 g/mol. The number of urea groups is 1. The van der Waals surface area contributed by atoms with Crippen LogP contribution in [0.4, 0.5) is 4.79 Å². The minimum absolute atomic E-state index is 0. The fraction of sp³-hybridized carbons (Fsp3) is 0.167. The number of carboxylic acid groups (broad SMARTS) is 1. The van der Waals surface area contributed by atoms with Crippen molar-refractivity contribution >= 4 is 33.6 Å². The molecule has 2 heterocycles. The molecule has 0 aliphatic rings. The SMILES string of the molecule is CC(NC(=O)NCc1cn2ccccc2n1)(C(=O)[O-])c1cccc(Br)c1.[K+]. The van der Waals surface area contributed by atoms with E-state index in [1.165, 1.54) is 6.92 Å². The Morgan fingerprint density at radius 2 is 2.04 bits per heavy atom. The van der Waals surface area contributed by atoms with Crippen molar-refractivity contribution in [3.8, 4) is 0 Å². The van der Waals surface area contributed by atoms with Crippen LogP contribution in [0.25, 0.3) is 5.65 Å². The molecule has 1 unspecified atom stereocenters. The Hall–Kier alpha value is -1.23. The van der Waals surface area contributed by atoms with Crippen molar-refractivity contribution in [3.05, 3.63) is 70.6 Å². The van der Waals surface area contributed by atoms with Gasteiger partial charge < -0.3 is 24.9 Å². The third-order valence-corrected chi connectivity index (χ3v) is 4.51. The summed E-state index contributed by atoms with van der Waals surface area (Å²) in [5, 5.41) is 16.8. The molecule has 3 rings (SSSR count). The number of rotatable bonds is 5. The molecule has 0 aliphatic heterocycles. The van der Waals surface area contributed by atoms with Gasteiger partial charge in [-0.3, -0.25) is 0 Å². The Labute approximate surface area is 207 Å². The van der Waals surface area contributed by atoms with Crippen LogP contribution in [0.1, 0.15) is 18.2 Å². The molecule has 0 bridgehead atoms. The summed E-state index contributed by atoms with van der Waals surface area (Å²) in [5.41, 5.74) is 0.143. The molecule has 0 spiro atoms. The van der Waals surface area contributed by atoms with Gasteiger partial charge in [0, 0.05) is 16.9 Å². The quantitative estimate of drug-likeness (QED) is 0.461. The number of aliphatic carboxylic acids is 1. The molecule has 9 heteroatoms. The fourth-order valence-corrected chi connectivity index (χ4v) is 2.95. The van der Waals surface area contributed by atoms with E-state index in [0.29, 0.717) is 15.7 Å². The Morgan fingerprint density at radius 3 is 2.70 bits per heavy atom.